The van der Waals surface area contributed by atoms with Crippen LogP contribution in [0.3, 0.4) is 0 Å². The fourth-order valence-electron chi connectivity index (χ4n) is 1.40. The summed E-state index contributed by atoms with van der Waals surface area (Å²) in [5, 5.41) is 0. The summed E-state index contributed by atoms with van der Waals surface area (Å²) in [7, 11) is 0. The molecule has 1 aromatic carbocycles. The van der Waals surface area contributed by atoms with Gasteiger partial charge in [0.2, 0.25) is 0 Å². The Balaban J connectivity index is 2.27. The first-order valence-corrected chi connectivity index (χ1v) is 6.46. The summed E-state index contributed by atoms with van der Waals surface area (Å²) in [4.78, 5) is 4.12. The normalized spacial score (nSPS) is 10.3. The monoisotopic (exact) mass is 311 g/mol. The van der Waals surface area contributed by atoms with Gasteiger partial charge in [0, 0.05) is 16.7 Å². The summed E-state index contributed by atoms with van der Waals surface area (Å²) < 4.78 is 6.79. The Bertz CT molecular complexity index is 531. The van der Waals surface area contributed by atoms with E-state index in [2.05, 4.69) is 20.9 Å². The lowest BCUT2D eigenvalue weighted by atomic mass is 10.2. The average molecular weight is 313 g/mol. The van der Waals surface area contributed by atoms with Gasteiger partial charge in [-0.15, -0.1) is 11.6 Å². The largest absolute Gasteiger partial charge is 0.457 e. The molecule has 0 atom stereocenters. The first-order valence-electron chi connectivity index (χ1n) is 5.14. The van der Waals surface area contributed by atoms with Gasteiger partial charge in [0.1, 0.15) is 11.5 Å². The number of hydrogen-bond acceptors (Lipinski definition) is 2. The highest BCUT2D eigenvalue weighted by atomic mass is 79.9. The zero-order valence-electron chi connectivity index (χ0n) is 9.28. The molecule has 0 saturated carbocycles. The van der Waals surface area contributed by atoms with Crippen LogP contribution in [0.5, 0.6) is 11.5 Å². The number of rotatable bonds is 3. The topological polar surface area (TPSA) is 22.1 Å². The van der Waals surface area contributed by atoms with Crippen LogP contribution in [0.25, 0.3) is 0 Å². The number of hydrogen-bond donors (Lipinski definition) is 0. The predicted octanol–water partition coefficient (Wildman–Crippen LogP) is 4.68. The third kappa shape index (κ3) is 3.20. The molecule has 0 saturated heterocycles. The minimum Gasteiger partial charge on any atom is -0.457 e. The molecule has 2 aromatic rings. The molecule has 1 heterocycles. The molecule has 0 spiro atoms. The highest BCUT2D eigenvalue weighted by Gasteiger charge is 2.03. The highest BCUT2D eigenvalue weighted by molar-refractivity contribution is 9.10. The van der Waals surface area contributed by atoms with Crippen molar-refractivity contribution >= 4 is 27.5 Å². The van der Waals surface area contributed by atoms with E-state index in [4.69, 9.17) is 16.3 Å². The summed E-state index contributed by atoms with van der Waals surface area (Å²) in [6.07, 6.45) is 1.69. The van der Waals surface area contributed by atoms with E-state index in [1.165, 1.54) is 0 Å². The van der Waals surface area contributed by atoms with Crippen LogP contribution in [-0.4, -0.2) is 4.98 Å². The van der Waals surface area contributed by atoms with Crippen molar-refractivity contribution in [2.45, 2.75) is 12.8 Å². The molecular formula is C13H11BrClNO. The third-order valence-corrected chi connectivity index (χ3v) is 3.07. The average Bonchev–Trinajstić information content (AvgIpc) is 2.34. The number of benzene rings is 1. The van der Waals surface area contributed by atoms with Gasteiger partial charge in [0.15, 0.2) is 0 Å². The number of aromatic nitrogens is 1. The molecular weight excluding hydrogens is 302 g/mol. The van der Waals surface area contributed by atoms with Crippen LogP contribution in [0.4, 0.5) is 0 Å². The van der Waals surface area contributed by atoms with E-state index in [0.717, 1.165) is 27.2 Å². The SMILES string of the molecule is Cc1ccc(Br)cc1Oc1ccnc(CCl)c1. The summed E-state index contributed by atoms with van der Waals surface area (Å²) in [6.45, 7) is 2.01. The molecule has 0 aliphatic heterocycles. The molecule has 4 heteroatoms. The van der Waals surface area contributed by atoms with Gasteiger partial charge >= 0.3 is 0 Å². The molecule has 88 valence electrons. The standard InChI is InChI=1S/C13H11BrClNO/c1-9-2-3-10(14)6-13(9)17-12-4-5-16-11(7-12)8-15/h2-7H,8H2,1H3. The number of halogens is 2. The number of ether oxygens (including phenoxy) is 1. The van der Waals surface area contributed by atoms with Crippen molar-refractivity contribution in [2.24, 2.45) is 0 Å². The van der Waals surface area contributed by atoms with Gasteiger partial charge in [0.05, 0.1) is 11.6 Å². The van der Waals surface area contributed by atoms with Crippen LogP contribution in [-0.2, 0) is 5.88 Å². The molecule has 0 fully saturated rings. The van der Waals surface area contributed by atoms with Crippen LogP contribution >= 0.6 is 27.5 Å². The van der Waals surface area contributed by atoms with E-state index in [-0.39, 0.29) is 0 Å². The Morgan fingerprint density at radius 3 is 2.88 bits per heavy atom. The molecule has 0 radical (unpaired) electrons. The van der Waals surface area contributed by atoms with Crippen LogP contribution in [0.1, 0.15) is 11.3 Å². The first-order chi connectivity index (χ1) is 8.19. The number of alkyl halides is 1. The summed E-state index contributed by atoms with van der Waals surface area (Å²) >= 11 is 9.16. The smallest absolute Gasteiger partial charge is 0.131 e. The van der Waals surface area contributed by atoms with Gasteiger partial charge in [0.25, 0.3) is 0 Å². The lowest BCUT2D eigenvalue weighted by Crippen LogP contribution is -1.90. The molecule has 0 N–H and O–H groups in total. The maximum Gasteiger partial charge on any atom is 0.131 e. The van der Waals surface area contributed by atoms with Gasteiger partial charge in [-0.1, -0.05) is 22.0 Å². The highest BCUT2D eigenvalue weighted by Crippen LogP contribution is 2.28. The molecule has 17 heavy (non-hydrogen) atoms. The number of nitrogens with zero attached hydrogens (tertiary/aromatic N) is 1. The van der Waals surface area contributed by atoms with Crippen molar-refractivity contribution in [3.8, 4) is 11.5 Å². The molecule has 0 bridgehead atoms. The van der Waals surface area contributed by atoms with Gasteiger partial charge in [-0.2, -0.15) is 0 Å². The molecule has 0 unspecified atom stereocenters. The lowest BCUT2D eigenvalue weighted by Gasteiger charge is -2.09. The molecule has 1 aromatic heterocycles. The van der Waals surface area contributed by atoms with Gasteiger partial charge in [-0.25, -0.2) is 0 Å². The van der Waals surface area contributed by atoms with Crippen LogP contribution in [0.2, 0.25) is 0 Å². The fourth-order valence-corrected chi connectivity index (χ4v) is 1.89. The Hall–Kier alpha value is -1.06. The van der Waals surface area contributed by atoms with E-state index in [1.54, 1.807) is 6.20 Å². The summed E-state index contributed by atoms with van der Waals surface area (Å²) in [6, 6.07) is 9.59. The molecule has 2 nitrogen and oxygen atoms in total. The molecule has 0 amide bonds. The molecule has 2 rings (SSSR count). The van der Waals surface area contributed by atoms with Gasteiger partial charge in [-0.05, 0) is 30.7 Å². The Kier molecular flexibility index (Phi) is 4.02. The van der Waals surface area contributed by atoms with Crippen molar-refractivity contribution in [1.82, 2.24) is 4.98 Å². The van der Waals surface area contributed by atoms with E-state index < -0.39 is 0 Å². The van der Waals surface area contributed by atoms with Crippen LogP contribution in [0.15, 0.2) is 41.0 Å². The van der Waals surface area contributed by atoms with Crippen molar-refractivity contribution in [3.05, 3.63) is 52.3 Å². The van der Waals surface area contributed by atoms with Gasteiger partial charge in [-0.3, -0.25) is 4.98 Å². The predicted molar refractivity (Wildman–Crippen MR) is 72.7 cm³/mol. The Morgan fingerprint density at radius 1 is 1.29 bits per heavy atom. The van der Waals surface area contributed by atoms with Crippen LogP contribution in [0, 0.1) is 6.92 Å². The van der Waals surface area contributed by atoms with Crippen molar-refractivity contribution < 1.29 is 4.74 Å². The third-order valence-electron chi connectivity index (χ3n) is 2.30. The Morgan fingerprint density at radius 2 is 2.12 bits per heavy atom. The zero-order chi connectivity index (χ0) is 12.3. The quantitative estimate of drug-likeness (QED) is 0.767. The van der Waals surface area contributed by atoms with Crippen molar-refractivity contribution in [2.75, 3.05) is 0 Å². The van der Waals surface area contributed by atoms with E-state index in [1.807, 2.05) is 37.3 Å². The first kappa shape index (κ1) is 12.4. The second-order valence-electron chi connectivity index (χ2n) is 3.63. The van der Waals surface area contributed by atoms with Gasteiger partial charge < -0.3 is 4.74 Å². The number of aryl methyl sites for hydroxylation is 1. The second-order valence-corrected chi connectivity index (χ2v) is 4.81. The zero-order valence-corrected chi connectivity index (χ0v) is 11.6. The minimum absolute atomic E-state index is 0.384. The molecule has 0 aliphatic carbocycles. The second kappa shape index (κ2) is 5.52. The van der Waals surface area contributed by atoms with Crippen molar-refractivity contribution in [3.63, 3.8) is 0 Å². The molecule has 0 aliphatic rings. The lowest BCUT2D eigenvalue weighted by molar-refractivity contribution is 0.477. The van der Waals surface area contributed by atoms with E-state index in [0.29, 0.717) is 5.88 Å². The van der Waals surface area contributed by atoms with E-state index >= 15 is 0 Å². The van der Waals surface area contributed by atoms with Crippen molar-refractivity contribution in [1.29, 1.82) is 0 Å². The maximum absolute atomic E-state index is 5.80. The van der Waals surface area contributed by atoms with E-state index in [9.17, 15) is 0 Å². The fraction of sp³-hybridized carbons (Fsp3) is 0.154. The summed E-state index contributed by atoms with van der Waals surface area (Å²) in [5.41, 5.74) is 1.88. The van der Waals surface area contributed by atoms with Crippen LogP contribution < -0.4 is 4.74 Å². The minimum atomic E-state index is 0.384. The Labute approximate surface area is 114 Å². The maximum atomic E-state index is 5.80. The summed E-state index contributed by atoms with van der Waals surface area (Å²) in [5.74, 6) is 1.96. The number of pyridine rings is 1.